The largest absolute Gasteiger partial charge is 0.443 e. The molecule has 0 aliphatic heterocycles. The summed E-state index contributed by atoms with van der Waals surface area (Å²) in [6.07, 6.45) is -0.482. The van der Waals surface area contributed by atoms with E-state index in [-0.39, 0.29) is 11.3 Å². The first-order valence-corrected chi connectivity index (χ1v) is 8.02. The van der Waals surface area contributed by atoms with E-state index in [2.05, 4.69) is 0 Å². The summed E-state index contributed by atoms with van der Waals surface area (Å²) < 4.78 is 24.5. The van der Waals surface area contributed by atoms with Crippen LogP contribution in [0.1, 0.15) is 54.0 Å². The molecule has 0 aromatic heterocycles. The van der Waals surface area contributed by atoms with E-state index in [1.165, 1.54) is 18.2 Å². The summed E-state index contributed by atoms with van der Waals surface area (Å²) in [6, 6.07) is 6.00. The van der Waals surface area contributed by atoms with Crippen molar-refractivity contribution in [2.75, 3.05) is 4.90 Å². The van der Waals surface area contributed by atoms with E-state index in [0.29, 0.717) is 0 Å². The second-order valence-electron chi connectivity index (χ2n) is 7.48. The molecule has 0 saturated heterocycles. The van der Waals surface area contributed by atoms with Crippen LogP contribution in [-0.2, 0) is 9.47 Å². The van der Waals surface area contributed by atoms with Crippen LogP contribution in [0.5, 0.6) is 0 Å². The zero-order chi connectivity index (χ0) is 19.4. The van der Waals surface area contributed by atoms with Gasteiger partial charge in [-0.3, -0.25) is 0 Å². The van der Waals surface area contributed by atoms with Crippen LogP contribution in [0.3, 0.4) is 0 Å². The van der Waals surface area contributed by atoms with Crippen molar-refractivity contribution in [2.24, 2.45) is 0 Å². The van der Waals surface area contributed by atoms with Gasteiger partial charge in [0.1, 0.15) is 17.0 Å². The summed E-state index contributed by atoms with van der Waals surface area (Å²) in [5.41, 5.74) is -1.19. The number of allylic oxidation sites excluding steroid dienone is 1. The zero-order valence-corrected chi connectivity index (χ0v) is 15.8. The number of halogens is 1. The Morgan fingerprint density at radius 2 is 1.48 bits per heavy atom. The van der Waals surface area contributed by atoms with E-state index in [1.807, 2.05) is 0 Å². The van der Waals surface area contributed by atoms with E-state index >= 15 is 0 Å². The number of hydrogen-bond donors (Lipinski definition) is 0. The topological polar surface area (TPSA) is 55.8 Å². The quantitative estimate of drug-likeness (QED) is 0.686. The van der Waals surface area contributed by atoms with E-state index in [0.717, 1.165) is 4.90 Å². The summed E-state index contributed by atoms with van der Waals surface area (Å²) in [5, 5.41) is 0. The molecule has 1 aromatic carbocycles. The highest BCUT2D eigenvalue weighted by Crippen LogP contribution is 2.25. The van der Waals surface area contributed by atoms with Crippen LogP contribution in [0, 0.1) is 0 Å². The number of amides is 2. The number of anilines is 1. The molecule has 2 amide bonds. The average molecular weight is 351 g/mol. The molecule has 6 heteroatoms. The monoisotopic (exact) mass is 351 g/mol. The first-order chi connectivity index (χ1) is 11.3. The van der Waals surface area contributed by atoms with Crippen molar-refractivity contribution in [2.45, 2.75) is 59.7 Å². The number of benzene rings is 1. The molecule has 0 aliphatic rings. The predicted molar refractivity (Wildman–Crippen MR) is 96.1 cm³/mol. The predicted octanol–water partition coefficient (Wildman–Crippen LogP) is 5.69. The molecule has 0 unspecified atom stereocenters. The van der Waals surface area contributed by atoms with Gasteiger partial charge in [0.15, 0.2) is 0 Å². The Morgan fingerprint density at radius 1 is 1.00 bits per heavy atom. The lowest BCUT2D eigenvalue weighted by Crippen LogP contribution is -2.43. The SMILES string of the molecule is CC=C(F)c1cccc(N(C(=O)OC(C)(C)C)C(=O)OC(C)(C)C)c1. The minimum atomic E-state index is -0.889. The highest BCUT2D eigenvalue weighted by Gasteiger charge is 2.32. The van der Waals surface area contributed by atoms with Gasteiger partial charge in [0.05, 0.1) is 5.69 Å². The molecule has 138 valence electrons. The molecule has 0 radical (unpaired) electrons. The molecule has 0 aliphatic carbocycles. The van der Waals surface area contributed by atoms with Gasteiger partial charge in [0, 0.05) is 5.56 Å². The molecule has 0 saturated carbocycles. The molecule has 0 heterocycles. The molecule has 0 spiro atoms. The maximum absolute atomic E-state index is 13.9. The fourth-order valence-electron chi connectivity index (χ4n) is 1.86. The smallest absolute Gasteiger partial charge is 0.424 e. The van der Waals surface area contributed by atoms with E-state index in [9.17, 15) is 14.0 Å². The molecular weight excluding hydrogens is 325 g/mol. The Labute approximate surface area is 148 Å². The fourth-order valence-corrected chi connectivity index (χ4v) is 1.86. The Morgan fingerprint density at radius 3 is 1.88 bits per heavy atom. The van der Waals surface area contributed by atoms with Crippen molar-refractivity contribution in [3.05, 3.63) is 35.9 Å². The van der Waals surface area contributed by atoms with E-state index in [1.54, 1.807) is 60.6 Å². The lowest BCUT2D eigenvalue weighted by molar-refractivity contribution is 0.0431. The minimum Gasteiger partial charge on any atom is -0.443 e. The highest BCUT2D eigenvalue weighted by atomic mass is 19.1. The summed E-state index contributed by atoms with van der Waals surface area (Å²) in [5.74, 6) is -0.463. The molecule has 5 nitrogen and oxygen atoms in total. The van der Waals surface area contributed by atoms with Gasteiger partial charge in [0.25, 0.3) is 0 Å². The van der Waals surface area contributed by atoms with Crippen molar-refractivity contribution >= 4 is 23.7 Å². The summed E-state index contributed by atoms with van der Waals surface area (Å²) >= 11 is 0. The van der Waals surface area contributed by atoms with Gasteiger partial charge < -0.3 is 9.47 Å². The van der Waals surface area contributed by atoms with Gasteiger partial charge in [-0.25, -0.2) is 14.0 Å². The normalized spacial score (nSPS) is 12.6. The Balaban J connectivity index is 3.31. The van der Waals surface area contributed by atoms with E-state index in [4.69, 9.17) is 9.47 Å². The average Bonchev–Trinajstić information content (AvgIpc) is 2.43. The number of rotatable bonds is 2. The number of imide groups is 1. The third-order valence-corrected chi connectivity index (χ3v) is 2.79. The van der Waals surface area contributed by atoms with Crippen LogP contribution < -0.4 is 4.90 Å². The van der Waals surface area contributed by atoms with Gasteiger partial charge in [-0.2, -0.15) is 4.90 Å². The van der Waals surface area contributed by atoms with Gasteiger partial charge >= 0.3 is 12.2 Å². The van der Waals surface area contributed by atoms with Gasteiger partial charge in [-0.1, -0.05) is 18.2 Å². The number of nitrogens with zero attached hydrogens (tertiary/aromatic N) is 1. The van der Waals surface area contributed by atoms with Crippen LogP contribution in [0.2, 0.25) is 0 Å². The lowest BCUT2D eigenvalue weighted by Gasteiger charge is -2.28. The maximum Gasteiger partial charge on any atom is 0.424 e. The van der Waals surface area contributed by atoms with E-state index < -0.39 is 29.2 Å². The van der Waals surface area contributed by atoms with Crippen LogP contribution in [0.25, 0.3) is 5.83 Å². The summed E-state index contributed by atoms with van der Waals surface area (Å²) in [7, 11) is 0. The van der Waals surface area contributed by atoms with Crippen molar-refractivity contribution in [1.29, 1.82) is 0 Å². The third kappa shape index (κ3) is 6.57. The van der Waals surface area contributed by atoms with Gasteiger partial charge in [0.2, 0.25) is 0 Å². The Hall–Kier alpha value is -2.37. The maximum atomic E-state index is 13.9. The lowest BCUT2D eigenvalue weighted by atomic mass is 10.1. The highest BCUT2D eigenvalue weighted by molar-refractivity contribution is 6.09. The number of hydrogen-bond acceptors (Lipinski definition) is 4. The number of ether oxygens (including phenoxy) is 2. The van der Waals surface area contributed by atoms with Crippen molar-refractivity contribution in [3.8, 4) is 0 Å². The molecule has 1 rings (SSSR count). The zero-order valence-electron chi connectivity index (χ0n) is 15.8. The number of carbonyl (C=O) groups excluding carboxylic acids is 2. The summed E-state index contributed by atoms with van der Waals surface area (Å²) in [6.45, 7) is 11.7. The minimum absolute atomic E-state index is 0.165. The van der Waals surface area contributed by atoms with Crippen LogP contribution in [0.15, 0.2) is 30.3 Å². The van der Waals surface area contributed by atoms with Crippen LogP contribution in [0.4, 0.5) is 19.7 Å². The molecule has 0 atom stereocenters. The first-order valence-electron chi connectivity index (χ1n) is 8.02. The van der Waals surface area contributed by atoms with Crippen LogP contribution in [-0.4, -0.2) is 23.4 Å². The fraction of sp³-hybridized carbons (Fsp3) is 0.474. The van der Waals surface area contributed by atoms with Crippen molar-refractivity contribution in [3.63, 3.8) is 0 Å². The standard InChI is InChI=1S/C19H26FNO4/c1-8-15(20)13-10-9-11-14(12-13)21(16(22)24-18(2,3)4)17(23)25-19(5,6)7/h8-12H,1-7H3. The molecule has 1 aromatic rings. The summed E-state index contributed by atoms with van der Waals surface area (Å²) in [4.78, 5) is 25.8. The van der Waals surface area contributed by atoms with Crippen LogP contribution >= 0.6 is 0 Å². The second-order valence-corrected chi connectivity index (χ2v) is 7.48. The van der Waals surface area contributed by atoms with Crippen molar-refractivity contribution in [1.82, 2.24) is 0 Å². The molecule has 25 heavy (non-hydrogen) atoms. The Kier molecular flexibility index (Phi) is 6.35. The molecule has 0 fully saturated rings. The Bertz CT molecular complexity index is 641. The third-order valence-electron chi connectivity index (χ3n) is 2.79. The van der Waals surface area contributed by atoms with Crippen molar-refractivity contribution < 1.29 is 23.5 Å². The molecule has 0 N–H and O–H groups in total. The second kappa shape index (κ2) is 7.68. The molecule has 0 bridgehead atoms. The first kappa shape index (κ1) is 20.7. The van der Waals surface area contributed by atoms with Gasteiger partial charge in [-0.15, -0.1) is 0 Å². The molecular formula is C19H26FNO4. The number of carbonyl (C=O) groups is 2. The van der Waals surface area contributed by atoms with Gasteiger partial charge in [-0.05, 0) is 60.6 Å².